The van der Waals surface area contributed by atoms with E-state index in [4.69, 9.17) is 0 Å². The zero-order valence-corrected chi connectivity index (χ0v) is 14.1. The van der Waals surface area contributed by atoms with Crippen molar-refractivity contribution in [2.75, 3.05) is 0 Å². The summed E-state index contributed by atoms with van der Waals surface area (Å²) in [6, 6.07) is 8.33. The highest BCUT2D eigenvalue weighted by Gasteiger charge is 2.19. The molecule has 4 heteroatoms. The van der Waals surface area contributed by atoms with E-state index in [-0.39, 0.29) is 18.1 Å². The first kappa shape index (κ1) is 17.1. The van der Waals surface area contributed by atoms with Gasteiger partial charge in [-0.25, -0.2) is 0 Å². The lowest BCUT2D eigenvalue weighted by atomic mass is 9.93. The summed E-state index contributed by atoms with van der Waals surface area (Å²) in [5, 5.41) is 13.0. The van der Waals surface area contributed by atoms with Crippen molar-refractivity contribution < 1.29 is 9.90 Å². The van der Waals surface area contributed by atoms with Crippen molar-refractivity contribution in [1.82, 2.24) is 5.32 Å². The molecule has 2 N–H and O–H groups in total. The standard InChI is InChI=1S/C18H25NO2S/c1-13(2)22-17-6-4-3-5-14(17)7-12-18(21)19-15-8-10-16(20)11-9-15/h3-7,12-13,15-16,20H,8-11H2,1-2H3,(H,19,21)/b12-7+. The van der Waals surface area contributed by atoms with Gasteiger partial charge in [-0.2, -0.15) is 0 Å². The maximum atomic E-state index is 12.0. The van der Waals surface area contributed by atoms with Crippen molar-refractivity contribution in [2.45, 2.75) is 61.8 Å². The van der Waals surface area contributed by atoms with Crippen LogP contribution in [0.3, 0.4) is 0 Å². The molecular weight excluding hydrogens is 294 g/mol. The number of carbonyl (C=O) groups excluding carboxylic acids is 1. The summed E-state index contributed by atoms with van der Waals surface area (Å²) in [5.74, 6) is -0.0502. The van der Waals surface area contributed by atoms with Gasteiger partial charge >= 0.3 is 0 Å². The van der Waals surface area contributed by atoms with Crippen LogP contribution in [-0.4, -0.2) is 28.4 Å². The molecule has 3 nitrogen and oxygen atoms in total. The van der Waals surface area contributed by atoms with E-state index in [1.807, 2.05) is 24.3 Å². The average Bonchev–Trinajstić information content (AvgIpc) is 2.48. The third-order valence-electron chi connectivity index (χ3n) is 3.74. The summed E-state index contributed by atoms with van der Waals surface area (Å²) < 4.78 is 0. The zero-order valence-electron chi connectivity index (χ0n) is 13.3. The largest absolute Gasteiger partial charge is 0.393 e. The minimum absolute atomic E-state index is 0.0502. The third-order valence-corrected chi connectivity index (χ3v) is 4.84. The van der Waals surface area contributed by atoms with Crippen LogP contribution in [-0.2, 0) is 4.79 Å². The highest BCUT2D eigenvalue weighted by molar-refractivity contribution is 8.00. The fraction of sp³-hybridized carbons (Fsp3) is 0.500. The number of carbonyl (C=O) groups is 1. The van der Waals surface area contributed by atoms with Gasteiger partial charge in [0.1, 0.15) is 0 Å². The normalized spacial score (nSPS) is 22.2. The number of hydrogen-bond acceptors (Lipinski definition) is 3. The highest BCUT2D eigenvalue weighted by atomic mass is 32.2. The van der Waals surface area contributed by atoms with Crippen molar-refractivity contribution in [1.29, 1.82) is 0 Å². The van der Waals surface area contributed by atoms with Gasteiger partial charge in [-0.05, 0) is 43.4 Å². The predicted molar refractivity (Wildman–Crippen MR) is 92.9 cm³/mol. The van der Waals surface area contributed by atoms with E-state index in [0.717, 1.165) is 31.2 Å². The van der Waals surface area contributed by atoms with E-state index in [2.05, 4.69) is 25.2 Å². The Hall–Kier alpha value is -1.26. The number of hydrogen-bond donors (Lipinski definition) is 2. The molecule has 1 fully saturated rings. The number of amides is 1. The van der Waals surface area contributed by atoms with Crippen LogP contribution in [0.5, 0.6) is 0 Å². The van der Waals surface area contributed by atoms with Crippen LogP contribution in [0.4, 0.5) is 0 Å². The second kappa shape index (κ2) is 8.39. The van der Waals surface area contributed by atoms with Gasteiger partial charge in [-0.15, -0.1) is 11.8 Å². The van der Waals surface area contributed by atoms with Crippen molar-refractivity contribution in [3.8, 4) is 0 Å². The molecule has 120 valence electrons. The van der Waals surface area contributed by atoms with Crippen molar-refractivity contribution in [3.05, 3.63) is 35.9 Å². The summed E-state index contributed by atoms with van der Waals surface area (Å²) in [6.45, 7) is 4.32. The first-order chi connectivity index (χ1) is 10.5. The van der Waals surface area contributed by atoms with Crippen LogP contribution >= 0.6 is 11.8 Å². The predicted octanol–water partition coefficient (Wildman–Crippen LogP) is 3.62. The van der Waals surface area contributed by atoms with Crippen LogP contribution < -0.4 is 5.32 Å². The number of aliphatic hydroxyl groups excluding tert-OH is 1. The molecule has 22 heavy (non-hydrogen) atoms. The Labute approximate surface area is 137 Å². The van der Waals surface area contributed by atoms with Crippen molar-refractivity contribution in [3.63, 3.8) is 0 Å². The first-order valence-electron chi connectivity index (χ1n) is 7.97. The maximum Gasteiger partial charge on any atom is 0.244 e. The van der Waals surface area contributed by atoms with Gasteiger partial charge < -0.3 is 10.4 Å². The van der Waals surface area contributed by atoms with Gasteiger partial charge in [0.05, 0.1) is 6.10 Å². The fourth-order valence-corrected chi connectivity index (χ4v) is 3.55. The molecule has 0 radical (unpaired) electrons. The van der Waals surface area contributed by atoms with E-state index < -0.39 is 0 Å². The molecular formula is C18H25NO2S. The molecule has 0 unspecified atom stereocenters. The Bertz CT molecular complexity index is 520. The zero-order chi connectivity index (χ0) is 15.9. The first-order valence-corrected chi connectivity index (χ1v) is 8.85. The van der Waals surface area contributed by atoms with Crippen molar-refractivity contribution in [2.24, 2.45) is 0 Å². The molecule has 1 aromatic carbocycles. The van der Waals surface area contributed by atoms with Gasteiger partial charge in [0, 0.05) is 22.3 Å². The fourth-order valence-electron chi connectivity index (χ4n) is 2.61. The summed E-state index contributed by atoms with van der Waals surface area (Å²) in [4.78, 5) is 13.2. The average molecular weight is 319 g/mol. The molecule has 0 saturated heterocycles. The molecule has 0 aliphatic heterocycles. The van der Waals surface area contributed by atoms with Crippen LogP contribution in [0.2, 0.25) is 0 Å². The number of rotatable bonds is 5. The SMILES string of the molecule is CC(C)Sc1ccccc1/C=C/C(=O)NC1CCC(O)CC1. The van der Waals surface area contributed by atoms with E-state index in [1.165, 1.54) is 4.90 Å². The number of thioether (sulfide) groups is 1. The number of aliphatic hydroxyl groups is 1. The Balaban J connectivity index is 1.92. The second-order valence-electron chi connectivity index (χ2n) is 6.05. The summed E-state index contributed by atoms with van der Waals surface area (Å²) >= 11 is 1.80. The lowest BCUT2D eigenvalue weighted by molar-refractivity contribution is -0.117. The summed E-state index contributed by atoms with van der Waals surface area (Å²) in [7, 11) is 0. The minimum atomic E-state index is -0.191. The van der Waals surface area contributed by atoms with Crippen LogP contribution in [0, 0.1) is 0 Å². The van der Waals surface area contributed by atoms with Gasteiger partial charge in [0.2, 0.25) is 5.91 Å². The van der Waals surface area contributed by atoms with E-state index >= 15 is 0 Å². The molecule has 1 amide bonds. The van der Waals surface area contributed by atoms with Gasteiger partial charge in [-0.3, -0.25) is 4.79 Å². The Morgan fingerprint density at radius 1 is 1.27 bits per heavy atom. The lowest BCUT2D eigenvalue weighted by Crippen LogP contribution is -2.37. The molecule has 1 saturated carbocycles. The van der Waals surface area contributed by atoms with Crippen LogP contribution in [0.15, 0.2) is 35.2 Å². The Kier molecular flexibility index (Phi) is 6.52. The monoisotopic (exact) mass is 319 g/mol. The van der Waals surface area contributed by atoms with Gasteiger partial charge in [0.25, 0.3) is 0 Å². The molecule has 0 aromatic heterocycles. The van der Waals surface area contributed by atoms with Crippen LogP contribution in [0.1, 0.15) is 45.1 Å². The highest BCUT2D eigenvalue weighted by Crippen LogP contribution is 2.27. The van der Waals surface area contributed by atoms with E-state index in [0.29, 0.717) is 5.25 Å². The van der Waals surface area contributed by atoms with E-state index in [9.17, 15) is 9.90 Å². The molecule has 1 aliphatic rings. The molecule has 1 aliphatic carbocycles. The summed E-state index contributed by atoms with van der Waals surface area (Å²) in [6.07, 6.45) is 6.60. The Morgan fingerprint density at radius 3 is 2.64 bits per heavy atom. The molecule has 0 spiro atoms. The molecule has 2 rings (SSSR count). The Morgan fingerprint density at radius 2 is 1.95 bits per heavy atom. The third kappa shape index (κ3) is 5.50. The molecule has 0 atom stereocenters. The van der Waals surface area contributed by atoms with Crippen molar-refractivity contribution >= 4 is 23.7 Å². The summed E-state index contributed by atoms with van der Waals surface area (Å²) in [5.41, 5.74) is 1.08. The lowest BCUT2D eigenvalue weighted by Gasteiger charge is -2.25. The quantitative estimate of drug-likeness (QED) is 0.644. The minimum Gasteiger partial charge on any atom is -0.393 e. The molecule has 0 bridgehead atoms. The maximum absolute atomic E-state index is 12.0. The molecule has 0 heterocycles. The number of benzene rings is 1. The van der Waals surface area contributed by atoms with Gasteiger partial charge in [-0.1, -0.05) is 32.0 Å². The van der Waals surface area contributed by atoms with E-state index in [1.54, 1.807) is 17.8 Å². The topological polar surface area (TPSA) is 49.3 Å². The van der Waals surface area contributed by atoms with Crippen LogP contribution in [0.25, 0.3) is 6.08 Å². The molecule has 1 aromatic rings. The number of nitrogens with one attached hydrogen (secondary N) is 1. The second-order valence-corrected chi connectivity index (χ2v) is 7.67. The smallest absolute Gasteiger partial charge is 0.244 e. The van der Waals surface area contributed by atoms with Gasteiger partial charge in [0.15, 0.2) is 0 Å².